The Morgan fingerprint density at radius 3 is 2.43 bits per heavy atom. The Bertz CT molecular complexity index is 407. The lowest BCUT2D eigenvalue weighted by Gasteiger charge is -1.90. The summed E-state index contributed by atoms with van der Waals surface area (Å²) in [5.41, 5.74) is 0. The third-order valence-corrected chi connectivity index (χ3v) is 2.94. The highest BCUT2D eigenvalue weighted by Gasteiger charge is 2.10. The number of hydrogen-bond donors (Lipinski definition) is 2. The second-order valence-electron chi connectivity index (χ2n) is 2.30. The van der Waals surface area contributed by atoms with Gasteiger partial charge in [0.2, 0.25) is 5.76 Å². The maximum Gasteiger partial charge on any atom is 0.371 e. The Kier molecular flexibility index (Phi) is 3.43. The molecule has 0 aromatic carbocycles. The molecule has 0 saturated heterocycles. The predicted octanol–water partition coefficient (Wildman–Crippen LogP) is 2.22. The summed E-state index contributed by atoms with van der Waals surface area (Å²) >= 11 is 4.33. The second-order valence-corrected chi connectivity index (χ2v) is 4.77. The lowest BCUT2D eigenvalue weighted by Crippen LogP contribution is -2.02. The van der Waals surface area contributed by atoms with E-state index >= 15 is 0 Å². The van der Waals surface area contributed by atoms with Gasteiger partial charge in [-0.15, -0.1) is 11.3 Å². The summed E-state index contributed by atoms with van der Waals surface area (Å²) in [7, 11) is 0. The quantitative estimate of drug-likeness (QED) is 0.504. The Labute approximate surface area is 91.6 Å². The third kappa shape index (κ3) is 2.68. The number of aliphatic carboxylic acids is 1. The van der Waals surface area contributed by atoms with Gasteiger partial charge in [0.25, 0.3) is 0 Å². The van der Waals surface area contributed by atoms with Crippen LogP contribution >= 0.6 is 27.3 Å². The molecule has 0 aliphatic rings. The molecular weight excluding hydrogens is 272 g/mol. The van der Waals surface area contributed by atoms with Crippen LogP contribution in [0.15, 0.2) is 27.8 Å². The highest BCUT2D eigenvalue weighted by Crippen LogP contribution is 2.22. The largest absolute Gasteiger partial charge is 0.502 e. The smallest absolute Gasteiger partial charge is 0.371 e. The molecule has 74 valence electrons. The van der Waals surface area contributed by atoms with Crippen LogP contribution in [-0.2, 0) is 4.79 Å². The van der Waals surface area contributed by atoms with E-state index in [0.29, 0.717) is 11.0 Å². The molecular formula is C8H5BrO4S. The van der Waals surface area contributed by atoms with E-state index in [9.17, 15) is 9.59 Å². The fraction of sp³-hybridized carbons (Fsp3) is 0. The zero-order chi connectivity index (χ0) is 10.7. The molecule has 1 aromatic rings. The van der Waals surface area contributed by atoms with Crippen LogP contribution < -0.4 is 0 Å². The molecule has 4 nitrogen and oxygen atoms in total. The minimum absolute atomic E-state index is 0.365. The van der Waals surface area contributed by atoms with E-state index in [1.54, 1.807) is 12.1 Å². The normalized spacial score (nSPS) is 11.4. The van der Waals surface area contributed by atoms with Crippen LogP contribution in [0.5, 0.6) is 0 Å². The van der Waals surface area contributed by atoms with E-state index in [2.05, 4.69) is 15.9 Å². The summed E-state index contributed by atoms with van der Waals surface area (Å²) in [5, 5.41) is 17.1. The molecule has 0 atom stereocenters. The summed E-state index contributed by atoms with van der Waals surface area (Å²) in [5.74, 6) is -3.01. The summed E-state index contributed by atoms with van der Waals surface area (Å²) in [4.78, 5) is 21.8. The van der Waals surface area contributed by atoms with Gasteiger partial charge in [0, 0.05) is 6.08 Å². The number of allylic oxidation sites excluding steroid dienone is 1. The van der Waals surface area contributed by atoms with Gasteiger partial charge in [0.05, 0.1) is 8.66 Å². The molecule has 0 unspecified atom stereocenters. The number of halogens is 1. The maximum atomic E-state index is 11.3. The Balaban J connectivity index is 2.87. The van der Waals surface area contributed by atoms with Crippen molar-refractivity contribution in [2.75, 3.05) is 0 Å². The van der Waals surface area contributed by atoms with E-state index in [1.807, 2.05) is 0 Å². The number of carbonyl (C=O) groups is 2. The zero-order valence-corrected chi connectivity index (χ0v) is 9.13. The van der Waals surface area contributed by atoms with E-state index < -0.39 is 17.5 Å². The number of thiophene rings is 1. The van der Waals surface area contributed by atoms with Gasteiger partial charge in [0.15, 0.2) is 5.78 Å². The first-order chi connectivity index (χ1) is 6.50. The summed E-state index contributed by atoms with van der Waals surface area (Å²) in [6.07, 6.45) is 0.681. The van der Waals surface area contributed by atoms with E-state index in [4.69, 9.17) is 10.2 Å². The van der Waals surface area contributed by atoms with Crippen molar-refractivity contribution in [2.45, 2.75) is 0 Å². The molecule has 2 N–H and O–H groups in total. The summed E-state index contributed by atoms with van der Waals surface area (Å²) in [6, 6.07) is 3.21. The first-order valence-corrected chi connectivity index (χ1v) is 5.05. The van der Waals surface area contributed by atoms with Gasteiger partial charge >= 0.3 is 5.97 Å². The Hall–Kier alpha value is -1.14. The molecule has 0 amide bonds. The average molecular weight is 277 g/mol. The van der Waals surface area contributed by atoms with Crippen molar-refractivity contribution in [1.29, 1.82) is 0 Å². The van der Waals surface area contributed by atoms with Crippen molar-refractivity contribution in [1.82, 2.24) is 0 Å². The van der Waals surface area contributed by atoms with E-state index in [-0.39, 0.29) is 0 Å². The van der Waals surface area contributed by atoms with Crippen molar-refractivity contribution in [3.8, 4) is 0 Å². The highest BCUT2D eigenvalue weighted by atomic mass is 79.9. The Morgan fingerprint density at radius 2 is 2.00 bits per heavy atom. The Morgan fingerprint density at radius 1 is 1.36 bits per heavy atom. The van der Waals surface area contributed by atoms with Crippen LogP contribution in [0.25, 0.3) is 0 Å². The topological polar surface area (TPSA) is 74.6 Å². The van der Waals surface area contributed by atoms with Crippen molar-refractivity contribution >= 4 is 39.0 Å². The van der Waals surface area contributed by atoms with Gasteiger partial charge in [-0.05, 0) is 28.1 Å². The van der Waals surface area contributed by atoms with Gasteiger partial charge < -0.3 is 10.2 Å². The van der Waals surface area contributed by atoms with Crippen molar-refractivity contribution in [3.63, 3.8) is 0 Å². The van der Waals surface area contributed by atoms with Crippen LogP contribution in [0.4, 0.5) is 0 Å². The number of carboxylic acid groups (broad SMARTS) is 1. The number of hydrogen-bond acceptors (Lipinski definition) is 4. The lowest BCUT2D eigenvalue weighted by atomic mass is 10.3. The van der Waals surface area contributed by atoms with Crippen LogP contribution in [0.3, 0.4) is 0 Å². The SMILES string of the molecule is O=C(O)/C(O)=C/C(=O)c1ccc(Br)s1. The van der Waals surface area contributed by atoms with Gasteiger partial charge in [-0.1, -0.05) is 0 Å². The van der Waals surface area contributed by atoms with Gasteiger partial charge in [-0.25, -0.2) is 4.79 Å². The minimum Gasteiger partial charge on any atom is -0.502 e. The number of ketones is 1. The number of rotatable bonds is 3. The number of carbonyl (C=O) groups excluding carboxylic acids is 1. The highest BCUT2D eigenvalue weighted by molar-refractivity contribution is 9.11. The number of aliphatic hydroxyl groups is 1. The van der Waals surface area contributed by atoms with E-state index in [1.165, 1.54) is 11.3 Å². The van der Waals surface area contributed by atoms with Gasteiger partial charge in [-0.3, -0.25) is 4.79 Å². The van der Waals surface area contributed by atoms with Crippen LogP contribution in [-0.4, -0.2) is 22.0 Å². The maximum absolute atomic E-state index is 11.3. The lowest BCUT2D eigenvalue weighted by molar-refractivity contribution is -0.135. The molecule has 0 aliphatic carbocycles. The molecule has 1 aromatic heterocycles. The molecule has 14 heavy (non-hydrogen) atoms. The fourth-order valence-corrected chi connectivity index (χ4v) is 2.00. The molecule has 0 radical (unpaired) electrons. The van der Waals surface area contributed by atoms with Crippen LogP contribution in [0.1, 0.15) is 9.67 Å². The monoisotopic (exact) mass is 276 g/mol. The summed E-state index contributed by atoms with van der Waals surface area (Å²) < 4.78 is 0.768. The number of carboxylic acids is 1. The average Bonchev–Trinajstić information content (AvgIpc) is 2.51. The van der Waals surface area contributed by atoms with Crippen molar-refractivity contribution < 1.29 is 19.8 Å². The zero-order valence-electron chi connectivity index (χ0n) is 6.73. The van der Waals surface area contributed by atoms with Crippen molar-refractivity contribution in [2.24, 2.45) is 0 Å². The summed E-state index contributed by atoms with van der Waals surface area (Å²) in [6.45, 7) is 0. The molecule has 0 spiro atoms. The van der Waals surface area contributed by atoms with Crippen LogP contribution in [0, 0.1) is 0 Å². The molecule has 6 heteroatoms. The van der Waals surface area contributed by atoms with Crippen molar-refractivity contribution in [3.05, 3.63) is 32.6 Å². The molecule has 0 fully saturated rings. The third-order valence-electron chi connectivity index (χ3n) is 1.30. The number of aliphatic hydroxyl groups excluding tert-OH is 1. The second kappa shape index (κ2) is 4.39. The molecule has 0 aliphatic heterocycles. The first-order valence-electron chi connectivity index (χ1n) is 3.44. The molecule has 1 rings (SSSR count). The van der Waals surface area contributed by atoms with Crippen LogP contribution in [0.2, 0.25) is 0 Å². The van der Waals surface area contributed by atoms with E-state index in [0.717, 1.165) is 3.79 Å². The van der Waals surface area contributed by atoms with Gasteiger partial charge in [0.1, 0.15) is 0 Å². The first kappa shape index (κ1) is 10.9. The standard InChI is InChI=1S/C8H5BrO4S/c9-7-2-1-6(14-7)4(10)3-5(11)8(12)13/h1-3,11H,(H,12,13)/b5-3-. The van der Waals surface area contributed by atoms with Gasteiger partial charge in [-0.2, -0.15) is 0 Å². The molecule has 0 bridgehead atoms. The molecule has 1 heterocycles. The fourth-order valence-electron chi connectivity index (χ4n) is 0.704. The predicted molar refractivity (Wildman–Crippen MR) is 54.7 cm³/mol. The minimum atomic E-state index is -1.52. The molecule has 0 saturated carbocycles.